The molecule has 4 bridgehead atoms. The van der Waals surface area contributed by atoms with Crippen LogP contribution in [0.2, 0.25) is 0 Å². The van der Waals surface area contributed by atoms with Crippen LogP contribution in [0.25, 0.3) is 0 Å². The lowest BCUT2D eigenvalue weighted by Crippen LogP contribution is -2.63. The van der Waals surface area contributed by atoms with Crippen molar-refractivity contribution < 1.29 is 9.59 Å². The molecule has 2 N–H and O–H groups in total. The molecule has 1 atom stereocenters. The summed E-state index contributed by atoms with van der Waals surface area (Å²) in [7, 11) is 0. The molecular weight excluding hydrogens is 376 g/mol. The number of urea groups is 1. The molecule has 5 aliphatic rings. The predicted octanol–water partition coefficient (Wildman–Crippen LogP) is 2.99. The van der Waals surface area contributed by atoms with E-state index in [1.807, 2.05) is 13.0 Å². The van der Waals surface area contributed by atoms with E-state index in [-0.39, 0.29) is 23.5 Å². The number of nitrogens with one attached hydrogen (secondary N) is 2. The van der Waals surface area contributed by atoms with Crippen LogP contribution in [0.4, 0.5) is 10.5 Å². The molecule has 5 fully saturated rings. The molecule has 0 radical (unpaired) electrons. The zero-order valence-corrected chi connectivity index (χ0v) is 18.0. The number of carbonyl (C=O) groups excluding carboxylic acids is 2. The molecule has 6 nitrogen and oxygen atoms in total. The molecule has 3 amide bonds. The van der Waals surface area contributed by atoms with Crippen LogP contribution in [-0.2, 0) is 4.79 Å². The van der Waals surface area contributed by atoms with Gasteiger partial charge in [0.05, 0.1) is 6.04 Å². The predicted molar refractivity (Wildman–Crippen MR) is 117 cm³/mol. The number of hydrogen-bond donors (Lipinski definition) is 2. The van der Waals surface area contributed by atoms with E-state index in [9.17, 15) is 9.59 Å². The van der Waals surface area contributed by atoms with Crippen molar-refractivity contribution in [2.24, 2.45) is 17.8 Å². The van der Waals surface area contributed by atoms with Crippen molar-refractivity contribution in [2.45, 2.75) is 57.0 Å². The van der Waals surface area contributed by atoms with Crippen LogP contribution < -0.4 is 15.5 Å². The first-order valence-electron chi connectivity index (χ1n) is 11.7. The van der Waals surface area contributed by atoms with Gasteiger partial charge in [0.2, 0.25) is 5.91 Å². The Balaban J connectivity index is 1.12. The van der Waals surface area contributed by atoms with Crippen molar-refractivity contribution in [3.8, 4) is 0 Å². The summed E-state index contributed by atoms with van der Waals surface area (Å²) >= 11 is 0. The van der Waals surface area contributed by atoms with Crippen LogP contribution >= 0.6 is 0 Å². The standard InChI is InChI=1S/C24H34N4O2/c1-17(27-7-9-28(10-8-27)21-5-3-2-4-6-21)22(29)25-23(30)26-24-14-18-11-19(15-24)13-20(12-18)16-24/h2-6,17-20H,7-16H2,1H3,(H2,25,26,29,30)/t17-,18?,19?,20?,24?/m1/s1. The van der Waals surface area contributed by atoms with Gasteiger partial charge in [0.15, 0.2) is 0 Å². The van der Waals surface area contributed by atoms with Gasteiger partial charge in [-0.25, -0.2) is 4.79 Å². The Hall–Kier alpha value is -2.08. The Morgan fingerprint density at radius 1 is 0.933 bits per heavy atom. The minimum atomic E-state index is -0.301. The number of imide groups is 1. The van der Waals surface area contributed by atoms with E-state index in [4.69, 9.17) is 0 Å². The van der Waals surface area contributed by atoms with Crippen molar-refractivity contribution >= 4 is 17.6 Å². The summed E-state index contributed by atoms with van der Waals surface area (Å²) in [5.74, 6) is 2.12. The zero-order chi connectivity index (χ0) is 20.7. The van der Waals surface area contributed by atoms with Gasteiger partial charge in [0.25, 0.3) is 0 Å². The van der Waals surface area contributed by atoms with E-state index in [0.29, 0.717) is 0 Å². The highest BCUT2D eigenvalue weighted by Gasteiger charge is 2.51. The van der Waals surface area contributed by atoms with Crippen molar-refractivity contribution in [1.82, 2.24) is 15.5 Å². The molecule has 1 heterocycles. The summed E-state index contributed by atoms with van der Waals surface area (Å²) in [4.78, 5) is 30.0. The summed E-state index contributed by atoms with van der Waals surface area (Å²) in [6.45, 7) is 5.33. The minimum Gasteiger partial charge on any atom is -0.369 e. The molecule has 6 rings (SSSR count). The number of hydrogen-bond acceptors (Lipinski definition) is 4. The van der Waals surface area contributed by atoms with Gasteiger partial charge in [-0.15, -0.1) is 0 Å². The molecule has 1 saturated heterocycles. The fourth-order valence-electron chi connectivity index (χ4n) is 6.92. The van der Waals surface area contributed by atoms with Crippen molar-refractivity contribution in [1.29, 1.82) is 0 Å². The normalized spacial score (nSPS) is 33.9. The van der Waals surface area contributed by atoms with Gasteiger partial charge in [-0.3, -0.25) is 15.0 Å². The van der Waals surface area contributed by atoms with Crippen LogP contribution in [0.5, 0.6) is 0 Å². The molecule has 6 heteroatoms. The molecule has 4 saturated carbocycles. The summed E-state index contributed by atoms with van der Waals surface area (Å²) < 4.78 is 0. The number of anilines is 1. The number of para-hydroxylation sites is 1. The van der Waals surface area contributed by atoms with Gasteiger partial charge >= 0.3 is 6.03 Å². The van der Waals surface area contributed by atoms with E-state index < -0.39 is 0 Å². The molecule has 1 aromatic carbocycles. The van der Waals surface area contributed by atoms with E-state index in [1.165, 1.54) is 24.9 Å². The fraction of sp³-hybridized carbons (Fsp3) is 0.667. The Morgan fingerprint density at radius 3 is 2.07 bits per heavy atom. The minimum absolute atomic E-state index is 0.0658. The second kappa shape index (κ2) is 7.88. The SMILES string of the molecule is C[C@H](C(=O)NC(=O)NC12CC3CC(CC(C3)C1)C2)N1CCN(c2ccccc2)CC1. The quantitative estimate of drug-likeness (QED) is 0.801. The second-order valence-corrected chi connectivity index (χ2v) is 10.2. The first kappa shape index (κ1) is 19.9. The molecule has 1 aromatic rings. The Kier molecular flexibility index (Phi) is 5.21. The van der Waals surface area contributed by atoms with Crippen molar-refractivity contribution in [3.63, 3.8) is 0 Å². The first-order chi connectivity index (χ1) is 14.5. The molecule has 0 unspecified atom stereocenters. The number of carbonyl (C=O) groups is 2. The summed E-state index contributed by atoms with van der Waals surface area (Å²) in [6.07, 6.45) is 7.31. The highest BCUT2D eigenvalue weighted by atomic mass is 16.2. The van der Waals surface area contributed by atoms with Crippen molar-refractivity contribution in [2.75, 3.05) is 31.1 Å². The third-order valence-electron chi connectivity index (χ3n) is 8.02. The van der Waals surface area contributed by atoms with Crippen LogP contribution in [0, 0.1) is 17.8 Å². The summed E-state index contributed by atoms with van der Waals surface area (Å²) in [5.41, 5.74) is 1.16. The fourth-order valence-corrected chi connectivity index (χ4v) is 6.92. The highest BCUT2D eigenvalue weighted by molar-refractivity contribution is 5.97. The van der Waals surface area contributed by atoms with E-state index in [0.717, 1.165) is 63.2 Å². The molecular formula is C24H34N4O2. The number of benzene rings is 1. The zero-order valence-electron chi connectivity index (χ0n) is 18.0. The average molecular weight is 411 g/mol. The maximum absolute atomic E-state index is 12.8. The lowest BCUT2D eigenvalue weighted by atomic mass is 9.53. The molecule has 1 aliphatic heterocycles. The number of nitrogens with zero attached hydrogens (tertiary/aromatic N) is 2. The van der Waals surface area contributed by atoms with Gasteiger partial charge in [-0.2, -0.15) is 0 Å². The smallest absolute Gasteiger partial charge is 0.321 e. The number of piperazine rings is 1. The van der Waals surface area contributed by atoms with Gasteiger partial charge < -0.3 is 10.2 Å². The molecule has 30 heavy (non-hydrogen) atoms. The van der Waals surface area contributed by atoms with Crippen LogP contribution in [0.3, 0.4) is 0 Å². The Bertz CT molecular complexity index is 752. The van der Waals surface area contributed by atoms with Crippen LogP contribution in [0.1, 0.15) is 45.4 Å². The van der Waals surface area contributed by atoms with E-state index in [2.05, 4.69) is 44.7 Å². The van der Waals surface area contributed by atoms with Gasteiger partial charge in [0.1, 0.15) is 0 Å². The topological polar surface area (TPSA) is 64.7 Å². The first-order valence-corrected chi connectivity index (χ1v) is 11.7. The highest BCUT2D eigenvalue weighted by Crippen LogP contribution is 2.55. The second-order valence-electron chi connectivity index (χ2n) is 10.2. The van der Waals surface area contributed by atoms with Gasteiger partial charge in [-0.1, -0.05) is 18.2 Å². The van der Waals surface area contributed by atoms with Crippen molar-refractivity contribution in [3.05, 3.63) is 30.3 Å². The third-order valence-corrected chi connectivity index (χ3v) is 8.02. The average Bonchev–Trinajstić information content (AvgIpc) is 2.72. The summed E-state index contributed by atoms with van der Waals surface area (Å²) in [5, 5.41) is 5.89. The van der Waals surface area contributed by atoms with Crippen LogP contribution in [-0.4, -0.2) is 54.6 Å². The van der Waals surface area contributed by atoms with E-state index in [1.54, 1.807) is 0 Å². The lowest BCUT2D eigenvalue weighted by molar-refractivity contribution is -0.125. The third kappa shape index (κ3) is 3.94. The summed E-state index contributed by atoms with van der Waals surface area (Å²) in [6, 6.07) is 9.80. The largest absolute Gasteiger partial charge is 0.369 e. The van der Waals surface area contributed by atoms with Gasteiger partial charge in [0, 0.05) is 37.4 Å². The maximum atomic E-state index is 12.8. The Labute approximate surface area is 179 Å². The molecule has 162 valence electrons. The number of rotatable bonds is 4. The van der Waals surface area contributed by atoms with Crippen LogP contribution in [0.15, 0.2) is 30.3 Å². The lowest BCUT2D eigenvalue weighted by Gasteiger charge is -2.56. The maximum Gasteiger partial charge on any atom is 0.321 e. The molecule has 4 aliphatic carbocycles. The number of amides is 3. The van der Waals surface area contributed by atoms with E-state index >= 15 is 0 Å². The monoisotopic (exact) mass is 410 g/mol. The molecule has 0 aromatic heterocycles. The Morgan fingerprint density at radius 2 is 1.50 bits per heavy atom. The molecule has 0 spiro atoms. The van der Waals surface area contributed by atoms with Gasteiger partial charge in [-0.05, 0) is 75.3 Å².